The van der Waals surface area contributed by atoms with Gasteiger partial charge in [0, 0.05) is 25.2 Å². The summed E-state index contributed by atoms with van der Waals surface area (Å²) in [7, 11) is 0. The first-order chi connectivity index (χ1) is 10.3. The van der Waals surface area contributed by atoms with Crippen LogP contribution >= 0.6 is 0 Å². The van der Waals surface area contributed by atoms with E-state index in [1.807, 2.05) is 0 Å². The van der Waals surface area contributed by atoms with Crippen LogP contribution in [-0.4, -0.2) is 42.5 Å². The van der Waals surface area contributed by atoms with Gasteiger partial charge < -0.3 is 10.6 Å². The van der Waals surface area contributed by atoms with Crippen LogP contribution < -0.4 is 10.6 Å². The molecule has 4 nitrogen and oxygen atoms in total. The number of hydrogen-bond donors (Lipinski definition) is 2. The second-order valence-corrected chi connectivity index (χ2v) is 6.28. The quantitative estimate of drug-likeness (QED) is 0.834. The highest BCUT2D eigenvalue weighted by Crippen LogP contribution is 2.18. The summed E-state index contributed by atoms with van der Waals surface area (Å²) in [4.78, 5) is 14.4. The molecule has 0 aromatic heterocycles. The van der Waals surface area contributed by atoms with Gasteiger partial charge in [0.2, 0.25) is 5.91 Å². The maximum absolute atomic E-state index is 11.9. The van der Waals surface area contributed by atoms with Crippen molar-refractivity contribution in [1.82, 2.24) is 15.5 Å². The predicted octanol–water partition coefficient (Wildman–Crippen LogP) is 1.52. The Balaban J connectivity index is 1.42. The van der Waals surface area contributed by atoms with Gasteiger partial charge in [-0.15, -0.1) is 0 Å². The van der Waals surface area contributed by atoms with E-state index in [2.05, 4.69) is 45.9 Å². The van der Waals surface area contributed by atoms with Crippen LogP contribution in [0.2, 0.25) is 0 Å². The largest absolute Gasteiger partial charge is 0.351 e. The number of nitrogens with zero attached hydrogens (tertiary/aromatic N) is 1. The lowest BCUT2D eigenvalue weighted by Gasteiger charge is -2.33. The standard InChI is InChI=1S/C17H25N3O/c21-17(11-18-15-8-9-15)19-16-7-4-10-20(13-16)12-14-5-2-1-3-6-14/h1-3,5-6,15-16,18H,4,7-13H2,(H,19,21). The molecule has 1 aliphatic carbocycles. The SMILES string of the molecule is O=C(CNC1CC1)NC1CCCN(Cc2ccccc2)C1. The first-order valence-electron chi connectivity index (χ1n) is 8.08. The van der Waals surface area contributed by atoms with Crippen molar-refractivity contribution >= 4 is 5.91 Å². The minimum Gasteiger partial charge on any atom is -0.351 e. The Morgan fingerprint density at radius 3 is 2.71 bits per heavy atom. The zero-order chi connectivity index (χ0) is 14.5. The molecular weight excluding hydrogens is 262 g/mol. The number of hydrogen-bond acceptors (Lipinski definition) is 3. The Morgan fingerprint density at radius 2 is 1.95 bits per heavy atom. The Labute approximate surface area is 126 Å². The summed E-state index contributed by atoms with van der Waals surface area (Å²) in [5.41, 5.74) is 1.35. The van der Waals surface area contributed by atoms with Crippen LogP contribution in [0.1, 0.15) is 31.2 Å². The molecule has 1 amide bonds. The Hall–Kier alpha value is -1.39. The van der Waals surface area contributed by atoms with E-state index in [0.29, 0.717) is 18.6 Å². The average molecular weight is 287 g/mol. The topological polar surface area (TPSA) is 44.4 Å². The van der Waals surface area contributed by atoms with Crippen molar-refractivity contribution in [2.45, 2.75) is 44.3 Å². The second-order valence-electron chi connectivity index (χ2n) is 6.28. The van der Waals surface area contributed by atoms with Crippen LogP contribution in [0.25, 0.3) is 0 Å². The molecule has 1 saturated heterocycles. The van der Waals surface area contributed by atoms with Gasteiger partial charge in [0.05, 0.1) is 6.54 Å². The summed E-state index contributed by atoms with van der Waals surface area (Å²) < 4.78 is 0. The molecule has 1 aromatic carbocycles. The predicted molar refractivity (Wildman–Crippen MR) is 83.9 cm³/mol. The number of nitrogens with one attached hydrogen (secondary N) is 2. The molecule has 0 spiro atoms. The molecule has 114 valence electrons. The summed E-state index contributed by atoms with van der Waals surface area (Å²) in [5.74, 6) is 0.147. The summed E-state index contributed by atoms with van der Waals surface area (Å²) in [6.45, 7) is 3.54. The minimum atomic E-state index is 0.147. The van der Waals surface area contributed by atoms with E-state index in [4.69, 9.17) is 0 Å². The number of amides is 1. The van der Waals surface area contributed by atoms with E-state index in [1.165, 1.54) is 18.4 Å². The first-order valence-corrected chi connectivity index (χ1v) is 8.08. The van der Waals surface area contributed by atoms with Gasteiger partial charge in [0.15, 0.2) is 0 Å². The molecule has 0 bridgehead atoms. The second kappa shape index (κ2) is 7.05. The third kappa shape index (κ3) is 4.83. The number of carbonyl (C=O) groups excluding carboxylic acids is 1. The molecule has 1 aromatic rings. The molecule has 1 heterocycles. The smallest absolute Gasteiger partial charge is 0.234 e. The number of benzene rings is 1. The Morgan fingerprint density at radius 1 is 1.14 bits per heavy atom. The molecule has 3 rings (SSSR count). The van der Waals surface area contributed by atoms with Crippen molar-refractivity contribution in [3.05, 3.63) is 35.9 Å². The van der Waals surface area contributed by atoms with E-state index in [-0.39, 0.29) is 5.91 Å². The van der Waals surface area contributed by atoms with Gasteiger partial charge in [-0.05, 0) is 37.8 Å². The van der Waals surface area contributed by atoms with E-state index >= 15 is 0 Å². The molecule has 4 heteroatoms. The van der Waals surface area contributed by atoms with E-state index < -0.39 is 0 Å². The lowest BCUT2D eigenvalue weighted by molar-refractivity contribution is -0.121. The molecule has 2 fully saturated rings. The molecular formula is C17H25N3O. The summed E-state index contributed by atoms with van der Waals surface area (Å²) >= 11 is 0. The van der Waals surface area contributed by atoms with Crippen molar-refractivity contribution in [2.24, 2.45) is 0 Å². The zero-order valence-electron chi connectivity index (χ0n) is 12.6. The van der Waals surface area contributed by atoms with Crippen LogP contribution in [0, 0.1) is 0 Å². The monoisotopic (exact) mass is 287 g/mol. The number of piperidine rings is 1. The highest BCUT2D eigenvalue weighted by atomic mass is 16.2. The van der Waals surface area contributed by atoms with Crippen LogP contribution in [0.4, 0.5) is 0 Å². The molecule has 1 saturated carbocycles. The van der Waals surface area contributed by atoms with Gasteiger partial charge in [-0.3, -0.25) is 9.69 Å². The van der Waals surface area contributed by atoms with Crippen LogP contribution in [0.5, 0.6) is 0 Å². The molecule has 0 radical (unpaired) electrons. The van der Waals surface area contributed by atoms with Gasteiger partial charge in [0.25, 0.3) is 0 Å². The van der Waals surface area contributed by atoms with Crippen molar-refractivity contribution < 1.29 is 4.79 Å². The third-order valence-electron chi connectivity index (χ3n) is 4.25. The lowest BCUT2D eigenvalue weighted by Crippen LogP contribution is -2.49. The van der Waals surface area contributed by atoms with E-state index in [0.717, 1.165) is 32.5 Å². The van der Waals surface area contributed by atoms with E-state index in [9.17, 15) is 4.79 Å². The van der Waals surface area contributed by atoms with Crippen molar-refractivity contribution in [2.75, 3.05) is 19.6 Å². The number of rotatable bonds is 6. The Kier molecular flexibility index (Phi) is 4.88. The molecule has 1 atom stereocenters. The van der Waals surface area contributed by atoms with E-state index in [1.54, 1.807) is 0 Å². The van der Waals surface area contributed by atoms with Crippen molar-refractivity contribution in [3.63, 3.8) is 0 Å². The zero-order valence-corrected chi connectivity index (χ0v) is 12.6. The fraction of sp³-hybridized carbons (Fsp3) is 0.588. The third-order valence-corrected chi connectivity index (χ3v) is 4.25. The maximum Gasteiger partial charge on any atom is 0.234 e. The molecule has 21 heavy (non-hydrogen) atoms. The normalized spacial score (nSPS) is 23.0. The van der Waals surface area contributed by atoms with Crippen LogP contribution in [-0.2, 0) is 11.3 Å². The lowest BCUT2D eigenvalue weighted by atomic mass is 10.0. The van der Waals surface area contributed by atoms with Gasteiger partial charge in [0.1, 0.15) is 0 Å². The number of carbonyl (C=O) groups is 1. The number of likely N-dealkylation sites (tertiary alicyclic amines) is 1. The summed E-state index contributed by atoms with van der Waals surface area (Å²) in [6.07, 6.45) is 4.71. The van der Waals surface area contributed by atoms with Crippen LogP contribution in [0.3, 0.4) is 0 Å². The molecule has 1 unspecified atom stereocenters. The van der Waals surface area contributed by atoms with Crippen molar-refractivity contribution in [3.8, 4) is 0 Å². The fourth-order valence-electron chi connectivity index (χ4n) is 2.96. The van der Waals surface area contributed by atoms with Gasteiger partial charge >= 0.3 is 0 Å². The molecule has 2 aliphatic rings. The van der Waals surface area contributed by atoms with Gasteiger partial charge in [-0.25, -0.2) is 0 Å². The van der Waals surface area contributed by atoms with Crippen molar-refractivity contribution in [1.29, 1.82) is 0 Å². The Bertz CT molecular complexity index is 458. The highest BCUT2D eigenvalue weighted by Gasteiger charge is 2.24. The fourth-order valence-corrected chi connectivity index (χ4v) is 2.96. The summed E-state index contributed by atoms with van der Waals surface area (Å²) in [5, 5.41) is 6.45. The first kappa shape index (κ1) is 14.5. The summed E-state index contributed by atoms with van der Waals surface area (Å²) in [6, 6.07) is 11.5. The molecule has 2 N–H and O–H groups in total. The van der Waals surface area contributed by atoms with Crippen LogP contribution in [0.15, 0.2) is 30.3 Å². The highest BCUT2D eigenvalue weighted by molar-refractivity contribution is 5.78. The molecule has 1 aliphatic heterocycles. The van der Waals surface area contributed by atoms with Gasteiger partial charge in [-0.1, -0.05) is 30.3 Å². The maximum atomic E-state index is 11.9. The average Bonchev–Trinajstić information content (AvgIpc) is 3.31. The minimum absolute atomic E-state index is 0.147. The van der Waals surface area contributed by atoms with Gasteiger partial charge in [-0.2, -0.15) is 0 Å².